The highest BCUT2D eigenvalue weighted by Gasteiger charge is 2.32. The minimum absolute atomic E-state index is 0.0799. The van der Waals surface area contributed by atoms with Crippen LogP contribution in [0.3, 0.4) is 0 Å². The molecule has 0 bridgehead atoms. The predicted molar refractivity (Wildman–Crippen MR) is 129 cm³/mol. The Labute approximate surface area is 195 Å². The van der Waals surface area contributed by atoms with Gasteiger partial charge >= 0.3 is 0 Å². The largest absolute Gasteiger partial charge is 0.364 e. The van der Waals surface area contributed by atoms with Crippen molar-refractivity contribution in [3.05, 3.63) is 73.8 Å². The summed E-state index contributed by atoms with van der Waals surface area (Å²) in [6.07, 6.45) is 0. The van der Waals surface area contributed by atoms with E-state index in [4.69, 9.17) is 6.57 Å². The predicted octanol–water partition coefficient (Wildman–Crippen LogP) is 4.39. The number of nitriles is 1. The van der Waals surface area contributed by atoms with Crippen LogP contribution in [0.4, 0.5) is 11.5 Å². The molecule has 2 atom stereocenters. The van der Waals surface area contributed by atoms with E-state index in [2.05, 4.69) is 79.7 Å². The number of aromatic nitrogens is 2. The summed E-state index contributed by atoms with van der Waals surface area (Å²) in [5, 5.41) is 9.83. The van der Waals surface area contributed by atoms with E-state index >= 15 is 0 Å². The van der Waals surface area contributed by atoms with E-state index in [0.717, 1.165) is 11.0 Å². The fourth-order valence-electron chi connectivity index (χ4n) is 4.54. The van der Waals surface area contributed by atoms with Gasteiger partial charge in [-0.3, -0.25) is 9.69 Å². The first-order valence-corrected chi connectivity index (χ1v) is 11.2. The highest BCUT2D eigenvalue weighted by Crippen LogP contribution is 2.33. The summed E-state index contributed by atoms with van der Waals surface area (Å²) < 4.78 is 2.49. The van der Waals surface area contributed by atoms with Crippen LogP contribution in [-0.2, 0) is 7.05 Å². The van der Waals surface area contributed by atoms with Crippen molar-refractivity contribution in [1.29, 1.82) is 5.26 Å². The topological polar surface area (TPSA) is 69.5 Å². The van der Waals surface area contributed by atoms with Gasteiger partial charge in [-0.1, -0.05) is 34.6 Å². The lowest BCUT2D eigenvalue weighted by Crippen LogP contribution is -2.53. The van der Waals surface area contributed by atoms with Crippen LogP contribution in [0, 0.1) is 17.9 Å². The Morgan fingerprint density at radius 2 is 1.97 bits per heavy atom. The normalized spacial score (nSPS) is 17.7. The Kier molecular flexibility index (Phi) is 6.01. The van der Waals surface area contributed by atoms with Crippen molar-refractivity contribution in [2.24, 2.45) is 7.05 Å². The molecule has 1 saturated heterocycles. The molecule has 8 heteroatoms. The molecule has 2 aromatic heterocycles. The van der Waals surface area contributed by atoms with E-state index in [1.807, 2.05) is 0 Å². The molecule has 3 heterocycles. The summed E-state index contributed by atoms with van der Waals surface area (Å²) in [7, 11) is 1.63. The Bertz CT molecular complexity index is 1320. The second-order valence-corrected chi connectivity index (χ2v) is 9.02. The van der Waals surface area contributed by atoms with Crippen LogP contribution in [0.2, 0.25) is 0 Å². The van der Waals surface area contributed by atoms with Gasteiger partial charge in [0.25, 0.3) is 11.4 Å². The zero-order valence-electron chi connectivity index (χ0n) is 18.2. The Morgan fingerprint density at radius 1 is 1.25 bits per heavy atom. The van der Waals surface area contributed by atoms with Gasteiger partial charge < -0.3 is 14.3 Å². The fraction of sp³-hybridized carbons (Fsp3) is 0.333. The van der Waals surface area contributed by atoms with Crippen LogP contribution >= 0.6 is 15.9 Å². The maximum absolute atomic E-state index is 12.9. The van der Waals surface area contributed by atoms with Crippen molar-refractivity contribution in [1.82, 2.24) is 14.5 Å². The first kappa shape index (κ1) is 22.0. The number of benzene rings is 1. The van der Waals surface area contributed by atoms with Crippen LogP contribution in [0.1, 0.15) is 31.0 Å². The molecule has 0 aliphatic carbocycles. The second kappa shape index (κ2) is 8.74. The van der Waals surface area contributed by atoms with E-state index in [0.29, 0.717) is 29.8 Å². The quantitative estimate of drug-likeness (QED) is 0.509. The van der Waals surface area contributed by atoms with Gasteiger partial charge in [-0.2, -0.15) is 5.26 Å². The fourth-order valence-corrected chi connectivity index (χ4v) is 4.80. The summed E-state index contributed by atoms with van der Waals surface area (Å²) in [5.41, 5.74) is 2.67. The molecule has 0 radical (unpaired) electrons. The summed E-state index contributed by atoms with van der Waals surface area (Å²) in [6, 6.07) is 14.2. The molecule has 1 aliphatic heterocycles. The third-order valence-electron chi connectivity index (χ3n) is 6.27. The minimum Gasteiger partial charge on any atom is -0.364 e. The molecule has 1 fully saturated rings. The van der Waals surface area contributed by atoms with Crippen molar-refractivity contribution >= 4 is 38.5 Å². The molecule has 3 aromatic rings. The molecular weight excluding hydrogens is 468 g/mol. The SMILES string of the molecule is [C-]#[N+]c1ccc2c(n1)c(N1CCN(C(C)c3ccc(Br)cc3)[C@H](C)C1)c(C#N)c(=O)n2C. The van der Waals surface area contributed by atoms with E-state index in [1.54, 1.807) is 19.2 Å². The lowest BCUT2D eigenvalue weighted by Gasteiger charge is -2.44. The van der Waals surface area contributed by atoms with E-state index in [-0.39, 0.29) is 29.0 Å². The first-order valence-electron chi connectivity index (χ1n) is 10.4. The van der Waals surface area contributed by atoms with Crippen molar-refractivity contribution in [3.8, 4) is 6.07 Å². The molecule has 32 heavy (non-hydrogen) atoms. The van der Waals surface area contributed by atoms with Gasteiger partial charge in [-0.25, -0.2) is 0 Å². The molecule has 4 rings (SSSR count). The highest BCUT2D eigenvalue weighted by atomic mass is 79.9. The molecule has 1 unspecified atom stereocenters. The molecule has 0 saturated carbocycles. The number of aryl methyl sites for hydroxylation is 1. The zero-order valence-corrected chi connectivity index (χ0v) is 19.8. The van der Waals surface area contributed by atoms with Crippen molar-refractivity contribution in [2.45, 2.75) is 25.9 Å². The van der Waals surface area contributed by atoms with Gasteiger partial charge in [-0.15, -0.1) is 4.98 Å². The molecule has 1 aromatic carbocycles. The molecular formula is C24H23BrN6O. The number of anilines is 1. The average Bonchev–Trinajstić information content (AvgIpc) is 2.80. The number of fused-ring (bicyclic) bond motifs is 1. The molecule has 7 nitrogen and oxygen atoms in total. The number of halogens is 1. The number of nitrogens with zero attached hydrogens (tertiary/aromatic N) is 6. The number of hydrogen-bond acceptors (Lipinski definition) is 5. The highest BCUT2D eigenvalue weighted by molar-refractivity contribution is 9.10. The standard InChI is InChI=1S/C24H23BrN6O/c1-15-14-30(11-12-31(15)16(2)17-5-7-18(25)8-6-17)23-19(13-26)24(32)29(4)20-9-10-21(27-3)28-22(20)23/h5-10,15-16H,11-12,14H2,1-2,4H3/t15-,16?/m1/s1. The molecule has 162 valence electrons. The maximum Gasteiger partial charge on any atom is 0.271 e. The van der Waals surface area contributed by atoms with Gasteiger partial charge in [0.1, 0.15) is 17.3 Å². The van der Waals surface area contributed by atoms with Gasteiger partial charge in [-0.05, 0) is 43.7 Å². The minimum atomic E-state index is -0.342. The second-order valence-electron chi connectivity index (χ2n) is 8.11. The lowest BCUT2D eigenvalue weighted by atomic mass is 10.0. The summed E-state index contributed by atoms with van der Waals surface area (Å²) in [5.74, 6) is 0.247. The van der Waals surface area contributed by atoms with Gasteiger partial charge in [0.05, 0.1) is 5.52 Å². The average molecular weight is 491 g/mol. The molecule has 0 spiro atoms. The van der Waals surface area contributed by atoms with Gasteiger partial charge in [0.2, 0.25) is 5.52 Å². The Morgan fingerprint density at radius 3 is 2.59 bits per heavy atom. The summed E-state index contributed by atoms with van der Waals surface area (Å²) in [4.78, 5) is 25.4. The molecule has 0 N–H and O–H groups in total. The molecule has 0 amide bonds. The number of rotatable bonds is 3. The first-order chi connectivity index (χ1) is 15.3. The zero-order chi connectivity index (χ0) is 23.0. The smallest absolute Gasteiger partial charge is 0.271 e. The van der Waals surface area contributed by atoms with Crippen molar-refractivity contribution in [2.75, 3.05) is 24.5 Å². The number of pyridine rings is 2. The lowest BCUT2D eigenvalue weighted by molar-refractivity contribution is 0.138. The van der Waals surface area contributed by atoms with E-state index < -0.39 is 0 Å². The molecule has 1 aliphatic rings. The van der Waals surface area contributed by atoms with Crippen LogP contribution < -0.4 is 10.5 Å². The third-order valence-corrected chi connectivity index (χ3v) is 6.80. The van der Waals surface area contributed by atoms with Crippen LogP contribution in [0.25, 0.3) is 15.9 Å². The van der Waals surface area contributed by atoms with E-state index in [1.165, 1.54) is 10.1 Å². The summed E-state index contributed by atoms with van der Waals surface area (Å²) >= 11 is 3.49. The number of piperazine rings is 1. The maximum atomic E-state index is 12.9. The van der Waals surface area contributed by atoms with E-state index in [9.17, 15) is 10.1 Å². The Balaban J connectivity index is 1.73. The monoisotopic (exact) mass is 490 g/mol. The van der Waals surface area contributed by atoms with Crippen molar-refractivity contribution < 1.29 is 0 Å². The van der Waals surface area contributed by atoms with Gasteiger partial charge in [0.15, 0.2) is 0 Å². The van der Waals surface area contributed by atoms with Crippen LogP contribution in [0.5, 0.6) is 0 Å². The number of hydrogen-bond donors (Lipinski definition) is 0. The summed E-state index contributed by atoms with van der Waals surface area (Å²) in [6.45, 7) is 13.8. The van der Waals surface area contributed by atoms with Crippen molar-refractivity contribution in [3.63, 3.8) is 0 Å². The third kappa shape index (κ3) is 3.77. The van der Waals surface area contributed by atoms with Crippen LogP contribution in [-0.4, -0.2) is 40.1 Å². The van der Waals surface area contributed by atoms with Crippen LogP contribution in [0.15, 0.2) is 45.7 Å². The van der Waals surface area contributed by atoms with Gasteiger partial charge in [0, 0.05) is 43.2 Å². The Hall–Kier alpha value is -3.20.